The second-order valence-electron chi connectivity index (χ2n) is 7.90. The van der Waals surface area contributed by atoms with Crippen LogP contribution >= 0.6 is 0 Å². The maximum absolute atomic E-state index is 13.0. The van der Waals surface area contributed by atoms with Gasteiger partial charge in [-0.1, -0.05) is 26.2 Å². The van der Waals surface area contributed by atoms with E-state index in [1.807, 2.05) is 4.90 Å². The fourth-order valence-electron chi connectivity index (χ4n) is 4.37. The number of hydrogen-bond acceptors (Lipinski definition) is 5. The van der Waals surface area contributed by atoms with E-state index in [2.05, 4.69) is 16.9 Å². The summed E-state index contributed by atoms with van der Waals surface area (Å²) in [5.41, 5.74) is 0. The van der Waals surface area contributed by atoms with E-state index in [9.17, 15) is 4.79 Å². The van der Waals surface area contributed by atoms with E-state index in [1.54, 1.807) is 19.5 Å². The second kappa shape index (κ2) is 9.90. The Morgan fingerprint density at radius 3 is 2.59 bits per heavy atom. The molecule has 2 fully saturated rings. The number of nitrogens with zero attached hydrogens (tertiary/aromatic N) is 3. The molecule has 1 aliphatic carbocycles. The lowest BCUT2D eigenvalue weighted by Crippen LogP contribution is -2.47. The van der Waals surface area contributed by atoms with Gasteiger partial charge in [0.2, 0.25) is 5.91 Å². The lowest BCUT2D eigenvalue weighted by molar-refractivity contribution is -0.139. The van der Waals surface area contributed by atoms with Crippen LogP contribution in [0.4, 0.5) is 0 Å². The van der Waals surface area contributed by atoms with E-state index in [0.29, 0.717) is 24.2 Å². The van der Waals surface area contributed by atoms with Crippen molar-refractivity contribution in [3.05, 3.63) is 12.4 Å². The maximum atomic E-state index is 13.0. The summed E-state index contributed by atoms with van der Waals surface area (Å²) in [5, 5.41) is 0. The van der Waals surface area contributed by atoms with Crippen LogP contribution in [0.2, 0.25) is 0 Å². The van der Waals surface area contributed by atoms with Crippen LogP contribution in [0.15, 0.2) is 12.4 Å². The number of methoxy groups -OCH3 is 1. The van der Waals surface area contributed by atoms with Crippen molar-refractivity contribution in [2.24, 2.45) is 11.8 Å². The zero-order valence-electron chi connectivity index (χ0n) is 16.7. The first-order chi connectivity index (χ1) is 13.2. The maximum Gasteiger partial charge on any atom is 0.278 e. The third-order valence-corrected chi connectivity index (χ3v) is 5.96. The van der Waals surface area contributed by atoms with Crippen LogP contribution in [0, 0.1) is 11.8 Å². The van der Waals surface area contributed by atoms with Gasteiger partial charge in [-0.2, -0.15) is 0 Å². The first kappa shape index (κ1) is 19.9. The average molecular weight is 376 g/mol. The number of ether oxygens (including phenoxy) is 2. The highest BCUT2D eigenvalue weighted by Gasteiger charge is 2.32. The Hall–Kier alpha value is -1.85. The van der Waals surface area contributed by atoms with E-state index in [0.717, 1.165) is 38.1 Å². The molecular weight excluding hydrogens is 342 g/mol. The summed E-state index contributed by atoms with van der Waals surface area (Å²) >= 11 is 0. The number of rotatable bonds is 7. The van der Waals surface area contributed by atoms with Gasteiger partial charge in [0.05, 0.1) is 13.7 Å². The van der Waals surface area contributed by atoms with E-state index >= 15 is 0 Å². The molecule has 2 heterocycles. The molecule has 1 aliphatic heterocycles. The molecule has 0 N–H and O–H groups in total. The van der Waals surface area contributed by atoms with Gasteiger partial charge in [0.15, 0.2) is 0 Å². The predicted octanol–water partition coefficient (Wildman–Crippen LogP) is 3.85. The molecule has 27 heavy (non-hydrogen) atoms. The monoisotopic (exact) mass is 375 g/mol. The summed E-state index contributed by atoms with van der Waals surface area (Å²) < 4.78 is 11.2. The minimum absolute atomic E-state index is 0.0470. The van der Waals surface area contributed by atoms with Crippen LogP contribution in [0.3, 0.4) is 0 Å². The van der Waals surface area contributed by atoms with Crippen LogP contribution in [-0.2, 0) is 4.79 Å². The molecule has 150 valence electrons. The van der Waals surface area contributed by atoms with E-state index in [-0.39, 0.29) is 12.0 Å². The van der Waals surface area contributed by atoms with Gasteiger partial charge in [-0.3, -0.25) is 4.79 Å². The molecule has 1 saturated heterocycles. The van der Waals surface area contributed by atoms with Gasteiger partial charge in [-0.25, -0.2) is 9.97 Å². The Balaban J connectivity index is 1.51. The van der Waals surface area contributed by atoms with Crippen LogP contribution < -0.4 is 9.47 Å². The standard InChI is InChI=1S/C21H33N3O3/c1-3-4-6-16-8-10-17(11-9-16)21(25)24-14-5-7-18(15-24)27-20-19(26-2)22-12-13-23-20/h12-13,16-18H,3-11,14-15H2,1-2H3. The topological polar surface area (TPSA) is 64.6 Å². The molecule has 0 spiro atoms. The highest BCUT2D eigenvalue weighted by Crippen LogP contribution is 2.33. The smallest absolute Gasteiger partial charge is 0.278 e. The molecule has 1 aromatic heterocycles. The van der Waals surface area contributed by atoms with Crippen molar-refractivity contribution in [1.29, 1.82) is 0 Å². The molecule has 1 atom stereocenters. The summed E-state index contributed by atoms with van der Waals surface area (Å²) in [6, 6.07) is 0. The van der Waals surface area contributed by atoms with Crippen LogP contribution in [0.1, 0.15) is 64.7 Å². The zero-order valence-corrected chi connectivity index (χ0v) is 16.7. The van der Waals surface area contributed by atoms with Crippen molar-refractivity contribution in [3.8, 4) is 11.8 Å². The van der Waals surface area contributed by atoms with Gasteiger partial charge in [0, 0.05) is 24.9 Å². The Morgan fingerprint density at radius 2 is 1.89 bits per heavy atom. The number of amides is 1. The molecular formula is C21H33N3O3. The average Bonchev–Trinajstić information content (AvgIpc) is 2.72. The number of piperidine rings is 1. The number of likely N-dealkylation sites (tertiary alicyclic amines) is 1. The van der Waals surface area contributed by atoms with Gasteiger partial charge in [0.1, 0.15) is 6.10 Å². The van der Waals surface area contributed by atoms with Crippen molar-refractivity contribution >= 4 is 5.91 Å². The summed E-state index contributed by atoms with van der Waals surface area (Å²) in [5.74, 6) is 2.16. The number of aromatic nitrogens is 2. The van der Waals surface area contributed by atoms with Crippen molar-refractivity contribution < 1.29 is 14.3 Å². The summed E-state index contributed by atoms with van der Waals surface area (Å²) in [4.78, 5) is 23.4. The zero-order chi connectivity index (χ0) is 19.1. The fourth-order valence-corrected chi connectivity index (χ4v) is 4.37. The SMILES string of the molecule is CCCCC1CCC(C(=O)N2CCCC(Oc3nccnc3OC)C2)CC1. The molecule has 6 nitrogen and oxygen atoms in total. The molecule has 3 rings (SSSR count). The van der Waals surface area contributed by atoms with Gasteiger partial charge in [0.25, 0.3) is 11.8 Å². The van der Waals surface area contributed by atoms with E-state index in [4.69, 9.17) is 9.47 Å². The van der Waals surface area contributed by atoms with Gasteiger partial charge in [-0.15, -0.1) is 0 Å². The van der Waals surface area contributed by atoms with Crippen molar-refractivity contribution in [1.82, 2.24) is 14.9 Å². The summed E-state index contributed by atoms with van der Waals surface area (Å²) in [6.45, 7) is 3.72. The quantitative estimate of drug-likeness (QED) is 0.724. The fraction of sp³-hybridized carbons (Fsp3) is 0.762. The molecule has 2 aliphatic rings. The molecule has 1 amide bonds. The summed E-state index contributed by atoms with van der Waals surface area (Å²) in [7, 11) is 1.56. The summed E-state index contributed by atoms with van der Waals surface area (Å²) in [6.07, 6.45) is 13.5. The molecule has 0 bridgehead atoms. The second-order valence-corrected chi connectivity index (χ2v) is 7.90. The number of carbonyl (C=O) groups is 1. The third kappa shape index (κ3) is 5.33. The highest BCUT2D eigenvalue weighted by atomic mass is 16.5. The third-order valence-electron chi connectivity index (χ3n) is 5.96. The van der Waals surface area contributed by atoms with Gasteiger partial charge in [-0.05, 0) is 44.4 Å². The highest BCUT2D eigenvalue weighted by molar-refractivity contribution is 5.79. The van der Waals surface area contributed by atoms with E-state index in [1.165, 1.54) is 32.1 Å². The Labute approximate surface area is 162 Å². The predicted molar refractivity (Wildman–Crippen MR) is 104 cm³/mol. The molecule has 6 heteroatoms. The van der Waals surface area contributed by atoms with Crippen molar-refractivity contribution in [2.75, 3.05) is 20.2 Å². The number of unbranched alkanes of at least 4 members (excludes halogenated alkanes) is 1. The Kier molecular flexibility index (Phi) is 7.30. The van der Waals surface area contributed by atoms with Crippen LogP contribution in [-0.4, -0.2) is 47.1 Å². The van der Waals surface area contributed by atoms with E-state index < -0.39 is 0 Å². The molecule has 1 aromatic rings. The van der Waals surface area contributed by atoms with Crippen molar-refractivity contribution in [3.63, 3.8) is 0 Å². The molecule has 1 unspecified atom stereocenters. The van der Waals surface area contributed by atoms with Gasteiger partial charge < -0.3 is 14.4 Å². The minimum Gasteiger partial charge on any atom is -0.477 e. The van der Waals surface area contributed by atoms with Crippen LogP contribution in [0.5, 0.6) is 11.8 Å². The molecule has 0 aromatic carbocycles. The first-order valence-corrected chi connectivity index (χ1v) is 10.5. The van der Waals surface area contributed by atoms with Gasteiger partial charge >= 0.3 is 0 Å². The first-order valence-electron chi connectivity index (χ1n) is 10.5. The Morgan fingerprint density at radius 1 is 1.15 bits per heavy atom. The van der Waals surface area contributed by atoms with Crippen LogP contribution in [0.25, 0.3) is 0 Å². The molecule has 0 radical (unpaired) electrons. The molecule has 1 saturated carbocycles. The lowest BCUT2D eigenvalue weighted by atomic mass is 9.79. The number of hydrogen-bond donors (Lipinski definition) is 0. The lowest BCUT2D eigenvalue weighted by Gasteiger charge is -2.36. The largest absolute Gasteiger partial charge is 0.477 e. The minimum atomic E-state index is -0.0470. The normalized spacial score (nSPS) is 25.9. The Bertz CT molecular complexity index is 602. The van der Waals surface area contributed by atoms with Crippen molar-refractivity contribution in [2.45, 2.75) is 70.8 Å². The number of carbonyl (C=O) groups excluding carboxylic acids is 1.